The summed E-state index contributed by atoms with van der Waals surface area (Å²) in [6, 6.07) is 0. The molecule has 1 rings (SSSR count). The minimum Gasteiger partial charge on any atom is -0.235 e. The Bertz CT molecular complexity index is 242. The third-order valence-electron chi connectivity index (χ3n) is 0.801. The van der Waals surface area contributed by atoms with Gasteiger partial charge in [-0.3, -0.25) is 0 Å². The lowest BCUT2D eigenvalue weighted by Crippen LogP contribution is -1.92. The molecule has 0 aromatic carbocycles. The van der Waals surface area contributed by atoms with Gasteiger partial charge in [0.1, 0.15) is 0 Å². The second-order valence-corrected chi connectivity index (χ2v) is 7.08. The van der Waals surface area contributed by atoms with E-state index in [1.54, 1.807) is 0 Å². The Morgan fingerprint density at radius 2 is 2.18 bits per heavy atom. The van der Waals surface area contributed by atoms with Crippen LogP contribution in [0.3, 0.4) is 0 Å². The lowest BCUT2D eigenvalue weighted by molar-refractivity contribution is 1.16. The number of thioether (sulfide) groups is 1. The molecule has 11 heavy (non-hydrogen) atoms. The molecule has 0 bridgehead atoms. The Morgan fingerprint density at radius 3 is 2.55 bits per heavy atom. The van der Waals surface area contributed by atoms with Crippen molar-refractivity contribution in [2.75, 3.05) is 0 Å². The van der Waals surface area contributed by atoms with Crippen LogP contribution in [-0.4, -0.2) is 8.11 Å². The second kappa shape index (κ2) is 3.71. The molecule has 0 spiro atoms. The topological polar surface area (TPSA) is 12.9 Å². The van der Waals surface area contributed by atoms with Gasteiger partial charge in [-0.05, 0) is 18.7 Å². The molecule has 1 aromatic rings. The molecule has 0 unspecified atom stereocenters. The monoisotopic (exact) mass is 247 g/mol. The van der Waals surface area contributed by atoms with E-state index in [1.165, 1.54) is 11.3 Å². The average molecular weight is 249 g/mol. The van der Waals surface area contributed by atoms with Crippen molar-refractivity contribution >= 4 is 57.9 Å². The first-order chi connectivity index (χ1) is 4.97. The molecule has 0 radical (unpaired) electrons. The summed E-state index contributed by atoms with van der Waals surface area (Å²) in [5.41, 5.74) is 0.951. The lowest BCUT2D eigenvalue weighted by Gasteiger charge is -2.05. The van der Waals surface area contributed by atoms with Crippen LogP contribution >= 0.6 is 57.9 Å². The number of aromatic nitrogens is 1. The van der Waals surface area contributed by atoms with Crippen LogP contribution in [0, 0.1) is 6.92 Å². The van der Waals surface area contributed by atoms with Gasteiger partial charge in [0.05, 0.1) is 0 Å². The molecule has 1 aromatic heterocycles. The molecule has 0 aliphatic carbocycles. The highest BCUT2D eigenvalue weighted by Gasteiger charge is 2.22. The zero-order valence-corrected chi connectivity index (χ0v) is 9.38. The molecule has 0 atom stereocenters. The highest BCUT2D eigenvalue weighted by Crippen LogP contribution is 2.44. The van der Waals surface area contributed by atoms with Crippen LogP contribution in [0.5, 0.6) is 0 Å². The fraction of sp³-hybridized carbons (Fsp3) is 0.400. The number of alkyl halides is 3. The van der Waals surface area contributed by atoms with Gasteiger partial charge >= 0.3 is 0 Å². The van der Waals surface area contributed by atoms with Crippen molar-refractivity contribution in [1.82, 2.24) is 4.98 Å². The van der Waals surface area contributed by atoms with Crippen molar-refractivity contribution in [1.29, 1.82) is 0 Å². The van der Waals surface area contributed by atoms with E-state index >= 15 is 0 Å². The molecular weight excluding hydrogens is 245 g/mol. The zero-order chi connectivity index (χ0) is 8.48. The molecule has 1 heterocycles. The minimum absolute atomic E-state index is 0.780. The smallest absolute Gasteiger partial charge is 0.235 e. The van der Waals surface area contributed by atoms with Crippen LogP contribution in [0.4, 0.5) is 0 Å². The molecule has 0 saturated carbocycles. The molecule has 0 aliphatic heterocycles. The van der Waals surface area contributed by atoms with E-state index in [2.05, 4.69) is 4.98 Å². The maximum absolute atomic E-state index is 5.54. The summed E-state index contributed by atoms with van der Waals surface area (Å²) in [5.74, 6) is 0. The molecule has 0 aliphatic rings. The van der Waals surface area contributed by atoms with Crippen LogP contribution in [0.1, 0.15) is 5.69 Å². The number of rotatable bonds is 1. The van der Waals surface area contributed by atoms with Crippen molar-refractivity contribution < 1.29 is 0 Å². The first-order valence-electron chi connectivity index (χ1n) is 2.65. The Morgan fingerprint density at radius 1 is 1.55 bits per heavy atom. The summed E-state index contributed by atoms with van der Waals surface area (Å²) in [5, 5.41) is 1.92. The quantitative estimate of drug-likeness (QED) is 0.553. The van der Waals surface area contributed by atoms with E-state index in [1.807, 2.05) is 12.3 Å². The largest absolute Gasteiger partial charge is 0.244 e. The Balaban J connectivity index is 2.65. The SMILES string of the molecule is Cc1csc(SC(Cl)(Cl)Cl)n1. The summed E-state index contributed by atoms with van der Waals surface area (Å²) >= 11 is 19.2. The highest BCUT2D eigenvalue weighted by molar-refractivity contribution is 8.06. The van der Waals surface area contributed by atoms with Crippen molar-refractivity contribution in [2.45, 2.75) is 14.4 Å². The number of nitrogens with zero attached hydrogens (tertiary/aromatic N) is 1. The number of hydrogen-bond acceptors (Lipinski definition) is 3. The summed E-state index contributed by atoms with van der Waals surface area (Å²) in [6.07, 6.45) is 0. The van der Waals surface area contributed by atoms with Gasteiger partial charge in [0.25, 0.3) is 0 Å². The lowest BCUT2D eigenvalue weighted by atomic mass is 10.6. The zero-order valence-electron chi connectivity index (χ0n) is 5.47. The highest BCUT2D eigenvalue weighted by atomic mass is 35.6. The van der Waals surface area contributed by atoms with Gasteiger partial charge in [0, 0.05) is 11.1 Å². The van der Waals surface area contributed by atoms with Crippen molar-refractivity contribution in [3.8, 4) is 0 Å². The number of aryl methyl sites for hydroxylation is 1. The fourth-order valence-electron chi connectivity index (χ4n) is 0.478. The molecule has 0 amide bonds. The van der Waals surface area contributed by atoms with Crippen LogP contribution < -0.4 is 0 Å². The van der Waals surface area contributed by atoms with Gasteiger partial charge in [-0.1, -0.05) is 34.8 Å². The minimum atomic E-state index is -1.30. The molecular formula is C5H4Cl3NS2. The molecule has 0 saturated heterocycles. The molecule has 6 heteroatoms. The summed E-state index contributed by atoms with van der Waals surface area (Å²) in [4.78, 5) is 4.12. The van der Waals surface area contributed by atoms with Crippen LogP contribution in [0.25, 0.3) is 0 Å². The van der Waals surface area contributed by atoms with E-state index in [0.29, 0.717) is 0 Å². The van der Waals surface area contributed by atoms with Gasteiger partial charge in [0.2, 0.25) is 3.12 Å². The first kappa shape index (κ1) is 9.93. The number of thiazole rings is 1. The molecule has 0 N–H and O–H groups in total. The van der Waals surface area contributed by atoms with Gasteiger partial charge in [-0.15, -0.1) is 11.3 Å². The van der Waals surface area contributed by atoms with Gasteiger partial charge in [0.15, 0.2) is 4.34 Å². The number of hydrogen-bond donors (Lipinski definition) is 0. The maximum atomic E-state index is 5.54. The van der Waals surface area contributed by atoms with Crippen LogP contribution in [0.15, 0.2) is 9.72 Å². The maximum Gasteiger partial charge on any atom is 0.244 e. The predicted molar refractivity (Wildman–Crippen MR) is 53.0 cm³/mol. The van der Waals surface area contributed by atoms with Gasteiger partial charge in [-0.25, -0.2) is 4.98 Å². The third kappa shape index (κ3) is 3.85. The molecule has 0 fully saturated rings. The van der Waals surface area contributed by atoms with E-state index in [0.717, 1.165) is 21.8 Å². The Hall–Kier alpha value is 0.850. The molecule has 1 nitrogen and oxygen atoms in total. The van der Waals surface area contributed by atoms with Crippen LogP contribution in [-0.2, 0) is 0 Å². The second-order valence-electron chi connectivity index (χ2n) is 1.80. The third-order valence-corrected chi connectivity index (χ3v) is 3.28. The Kier molecular flexibility index (Phi) is 3.35. The van der Waals surface area contributed by atoms with E-state index in [4.69, 9.17) is 34.8 Å². The van der Waals surface area contributed by atoms with E-state index < -0.39 is 3.12 Å². The molecule has 62 valence electrons. The van der Waals surface area contributed by atoms with Crippen molar-refractivity contribution in [3.63, 3.8) is 0 Å². The predicted octanol–water partition coefficient (Wildman–Crippen LogP) is 3.87. The fourth-order valence-corrected chi connectivity index (χ4v) is 3.17. The van der Waals surface area contributed by atoms with Crippen molar-refractivity contribution in [3.05, 3.63) is 11.1 Å². The Labute approximate surface area is 88.1 Å². The average Bonchev–Trinajstić information content (AvgIpc) is 2.10. The first-order valence-corrected chi connectivity index (χ1v) is 5.48. The summed E-state index contributed by atoms with van der Waals surface area (Å²) in [7, 11) is 0. The van der Waals surface area contributed by atoms with Crippen molar-refractivity contribution in [2.24, 2.45) is 0 Å². The normalized spacial score (nSPS) is 12.0. The van der Waals surface area contributed by atoms with E-state index in [9.17, 15) is 0 Å². The standard InChI is InChI=1S/C5H4Cl3NS2/c1-3-2-10-4(9-3)11-5(6,7)8/h2H,1H3. The summed E-state index contributed by atoms with van der Waals surface area (Å²) in [6.45, 7) is 1.90. The van der Waals surface area contributed by atoms with E-state index in [-0.39, 0.29) is 0 Å². The van der Waals surface area contributed by atoms with Crippen LogP contribution in [0.2, 0.25) is 0 Å². The number of halogens is 3. The summed E-state index contributed by atoms with van der Waals surface area (Å²) < 4.78 is -0.521. The van der Waals surface area contributed by atoms with Gasteiger partial charge in [-0.2, -0.15) is 0 Å². The van der Waals surface area contributed by atoms with Gasteiger partial charge < -0.3 is 0 Å².